The van der Waals surface area contributed by atoms with Gasteiger partial charge in [-0.25, -0.2) is 13.6 Å². The minimum Gasteiger partial charge on any atom is -0.384 e. The molecule has 1 amide bonds. The van der Waals surface area contributed by atoms with Gasteiger partial charge < -0.3 is 10.4 Å². The number of aryl methyl sites for hydroxylation is 1. The predicted molar refractivity (Wildman–Crippen MR) is 75.5 cm³/mol. The van der Waals surface area contributed by atoms with Crippen molar-refractivity contribution < 1.29 is 18.3 Å². The number of primary sulfonamides is 1. The maximum absolute atomic E-state index is 11.9. The van der Waals surface area contributed by atoms with E-state index in [2.05, 4.69) is 17.2 Å². The van der Waals surface area contributed by atoms with Gasteiger partial charge in [-0.15, -0.1) is 0 Å². The Hall–Kier alpha value is -1.88. The van der Waals surface area contributed by atoms with Gasteiger partial charge in [0.15, 0.2) is 0 Å². The second-order valence-corrected chi connectivity index (χ2v) is 5.85. The number of nitrogens with one attached hydrogen (secondary N) is 1. The van der Waals surface area contributed by atoms with Crippen molar-refractivity contribution in [3.63, 3.8) is 0 Å². The van der Waals surface area contributed by atoms with Crippen LogP contribution in [0.15, 0.2) is 18.2 Å². The summed E-state index contributed by atoms with van der Waals surface area (Å²) < 4.78 is 21.5. The summed E-state index contributed by atoms with van der Waals surface area (Å²) in [6.45, 7) is 1.45. The van der Waals surface area contributed by atoms with E-state index in [-0.39, 0.29) is 18.9 Å². The quantitative estimate of drug-likeness (QED) is 0.642. The maximum atomic E-state index is 11.9. The van der Waals surface area contributed by atoms with Crippen LogP contribution in [0, 0.1) is 18.8 Å². The Labute approximate surface area is 118 Å². The van der Waals surface area contributed by atoms with Crippen LogP contribution in [0.4, 0.5) is 0 Å². The third-order valence-corrected chi connectivity index (χ3v) is 3.24. The van der Waals surface area contributed by atoms with Gasteiger partial charge in [0.25, 0.3) is 5.91 Å². The lowest BCUT2D eigenvalue weighted by atomic mass is 10.0. The molecule has 1 rings (SSSR count). The molecule has 1 aromatic rings. The molecule has 7 heteroatoms. The molecule has 0 unspecified atom stereocenters. The number of aliphatic hydroxyl groups excluding tert-OH is 1. The first-order valence-corrected chi connectivity index (χ1v) is 7.54. The normalized spacial score (nSPS) is 10.6. The van der Waals surface area contributed by atoms with Crippen molar-refractivity contribution >= 4 is 15.9 Å². The van der Waals surface area contributed by atoms with Crippen molar-refractivity contribution in [1.29, 1.82) is 0 Å². The molecule has 20 heavy (non-hydrogen) atoms. The van der Waals surface area contributed by atoms with Crippen molar-refractivity contribution in [2.45, 2.75) is 6.92 Å². The van der Waals surface area contributed by atoms with E-state index < -0.39 is 15.9 Å². The van der Waals surface area contributed by atoms with E-state index in [1.54, 1.807) is 25.1 Å². The molecule has 0 atom stereocenters. The number of aliphatic hydroxyl groups is 1. The summed E-state index contributed by atoms with van der Waals surface area (Å²) in [6, 6.07) is 5.05. The second kappa shape index (κ2) is 7.05. The molecular weight excluding hydrogens is 280 g/mol. The number of carbonyl (C=O) groups excluding carboxylic acids is 1. The molecule has 1 aromatic carbocycles. The molecule has 0 saturated heterocycles. The largest absolute Gasteiger partial charge is 0.384 e. The Balaban J connectivity index is 2.81. The standard InChI is InChI=1S/C13H16N2O4S/c1-10-4-5-11(3-2-7-16)9-12(10)13(17)15-6-8-20(14,18)19/h4-5,9,16H,6-8H2,1H3,(H,15,17)(H2,14,18,19). The zero-order chi connectivity index (χ0) is 15.2. The summed E-state index contributed by atoms with van der Waals surface area (Å²) in [6.07, 6.45) is 0. The topological polar surface area (TPSA) is 109 Å². The van der Waals surface area contributed by atoms with Gasteiger partial charge in [-0.3, -0.25) is 4.79 Å². The summed E-state index contributed by atoms with van der Waals surface area (Å²) in [7, 11) is -3.60. The lowest BCUT2D eigenvalue weighted by Crippen LogP contribution is -2.31. The van der Waals surface area contributed by atoms with E-state index in [9.17, 15) is 13.2 Å². The van der Waals surface area contributed by atoms with Gasteiger partial charge in [-0.2, -0.15) is 0 Å². The highest BCUT2D eigenvalue weighted by Gasteiger charge is 2.10. The van der Waals surface area contributed by atoms with E-state index in [0.29, 0.717) is 11.1 Å². The van der Waals surface area contributed by atoms with Crippen molar-refractivity contribution in [2.75, 3.05) is 18.9 Å². The molecule has 0 bridgehead atoms. The zero-order valence-electron chi connectivity index (χ0n) is 11.0. The molecule has 0 saturated carbocycles. The van der Waals surface area contributed by atoms with Crippen LogP contribution in [-0.4, -0.2) is 38.3 Å². The SMILES string of the molecule is Cc1ccc(C#CCO)cc1C(=O)NCCS(N)(=O)=O. The molecule has 0 aromatic heterocycles. The fourth-order valence-corrected chi connectivity index (χ4v) is 1.87. The number of hydrogen-bond acceptors (Lipinski definition) is 4. The molecule has 0 fully saturated rings. The summed E-state index contributed by atoms with van der Waals surface area (Å²) in [5, 5.41) is 16.0. The molecule has 0 radical (unpaired) electrons. The smallest absolute Gasteiger partial charge is 0.251 e. The molecule has 0 aliphatic heterocycles. The van der Waals surface area contributed by atoms with Crippen LogP contribution in [0.2, 0.25) is 0 Å². The first kappa shape index (κ1) is 16.2. The van der Waals surface area contributed by atoms with Gasteiger partial charge in [0.05, 0.1) is 5.75 Å². The highest BCUT2D eigenvalue weighted by atomic mass is 32.2. The van der Waals surface area contributed by atoms with Crippen LogP contribution in [0.3, 0.4) is 0 Å². The monoisotopic (exact) mass is 296 g/mol. The van der Waals surface area contributed by atoms with Gasteiger partial charge in [-0.05, 0) is 24.6 Å². The Morgan fingerprint density at radius 3 is 2.75 bits per heavy atom. The molecule has 6 nitrogen and oxygen atoms in total. The first-order valence-electron chi connectivity index (χ1n) is 5.82. The summed E-state index contributed by atoms with van der Waals surface area (Å²) >= 11 is 0. The van der Waals surface area contributed by atoms with E-state index >= 15 is 0 Å². The second-order valence-electron chi connectivity index (χ2n) is 4.11. The van der Waals surface area contributed by atoms with Crippen LogP contribution in [-0.2, 0) is 10.0 Å². The number of hydrogen-bond donors (Lipinski definition) is 3. The number of carbonyl (C=O) groups is 1. The highest BCUT2D eigenvalue weighted by molar-refractivity contribution is 7.89. The van der Waals surface area contributed by atoms with Crippen LogP contribution in [0.5, 0.6) is 0 Å². The third-order valence-electron chi connectivity index (χ3n) is 2.47. The van der Waals surface area contributed by atoms with Crippen molar-refractivity contribution in [1.82, 2.24) is 5.32 Å². The van der Waals surface area contributed by atoms with Gasteiger partial charge in [0.2, 0.25) is 10.0 Å². The molecule has 4 N–H and O–H groups in total. The number of nitrogens with two attached hydrogens (primary N) is 1. The predicted octanol–water partition coefficient (Wildman–Crippen LogP) is -0.643. The maximum Gasteiger partial charge on any atom is 0.251 e. The average Bonchev–Trinajstić information content (AvgIpc) is 2.36. The fourth-order valence-electron chi connectivity index (χ4n) is 1.49. The van der Waals surface area contributed by atoms with Gasteiger partial charge in [-0.1, -0.05) is 17.9 Å². The Morgan fingerprint density at radius 1 is 1.45 bits per heavy atom. The Morgan fingerprint density at radius 2 is 2.15 bits per heavy atom. The van der Waals surface area contributed by atoms with Crippen molar-refractivity contribution in [3.05, 3.63) is 34.9 Å². The van der Waals surface area contributed by atoms with Crippen molar-refractivity contribution in [2.24, 2.45) is 5.14 Å². The molecule has 0 aliphatic carbocycles. The van der Waals surface area contributed by atoms with E-state index in [1.807, 2.05) is 0 Å². The molecule has 0 heterocycles. The van der Waals surface area contributed by atoms with Crippen LogP contribution >= 0.6 is 0 Å². The van der Waals surface area contributed by atoms with Crippen LogP contribution in [0.25, 0.3) is 0 Å². The van der Waals surface area contributed by atoms with Crippen molar-refractivity contribution in [3.8, 4) is 11.8 Å². The third kappa shape index (κ3) is 5.40. The summed E-state index contributed by atoms with van der Waals surface area (Å²) in [4.78, 5) is 11.9. The minimum atomic E-state index is -3.60. The van der Waals surface area contributed by atoms with E-state index in [0.717, 1.165) is 5.56 Å². The summed E-state index contributed by atoms with van der Waals surface area (Å²) in [5.41, 5.74) is 1.75. The van der Waals surface area contributed by atoms with Gasteiger partial charge in [0.1, 0.15) is 6.61 Å². The number of rotatable bonds is 4. The summed E-state index contributed by atoms with van der Waals surface area (Å²) in [5.74, 6) is 4.48. The Bertz CT molecular complexity index is 657. The van der Waals surface area contributed by atoms with E-state index in [1.165, 1.54) is 0 Å². The van der Waals surface area contributed by atoms with Crippen LogP contribution < -0.4 is 10.5 Å². The number of benzene rings is 1. The first-order chi connectivity index (χ1) is 9.33. The lowest BCUT2D eigenvalue weighted by molar-refractivity contribution is 0.0955. The Kier molecular flexibility index (Phi) is 5.70. The average molecular weight is 296 g/mol. The highest BCUT2D eigenvalue weighted by Crippen LogP contribution is 2.10. The fraction of sp³-hybridized carbons (Fsp3) is 0.308. The molecule has 0 spiro atoms. The molecule has 108 valence electrons. The minimum absolute atomic E-state index is 0.0519. The zero-order valence-corrected chi connectivity index (χ0v) is 11.8. The number of sulfonamides is 1. The number of amides is 1. The van der Waals surface area contributed by atoms with E-state index in [4.69, 9.17) is 10.2 Å². The van der Waals surface area contributed by atoms with Crippen LogP contribution in [0.1, 0.15) is 21.5 Å². The lowest BCUT2D eigenvalue weighted by Gasteiger charge is -2.07. The molecular formula is C13H16N2O4S. The van der Waals surface area contributed by atoms with Gasteiger partial charge in [0, 0.05) is 17.7 Å². The molecule has 0 aliphatic rings. The van der Waals surface area contributed by atoms with Gasteiger partial charge >= 0.3 is 0 Å².